The van der Waals surface area contributed by atoms with Crippen LogP contribution < -0.4 is 0 Å². The zero-order valence-corrected chi connectivity index (χ0v) is 10.3. The number of hydrogen-bond acceptors (Lipinski definition) is 1. The van der Waals surface area contributed by atoms with Crippen molar-refractivity contribution in [2.45, 2.75) is 6.43 Å². The Balaban J connectivity index is 2.73. The van der Waals surface area contributed by atoms with Crippen LogP contribution in [0.2, 0.25) is 5.02 Å². The van der Waals surface area contributed by atoms with Gasteiger partial charge in [-0.3, -0.25) is 0 Å². The molecule has 5 heteroatoms. The molecule has 0 fully saturated rings. The number of alkyl halides is 2. The minimum absolute atomic E-state index is 0.284. The number of halogens is 4. The van der Waals surface area contributed by atoms with E-state index in [-0.39, 0.29) is 5.69 Å². The van der Waals surface area contributed by atoms with Gasteiger partial charge in [-0.05, 0) is 46.9 Å². The van der Waals surface area contributed by atoms with Crippen molar-refractivity contribution in [3.05, 3.63) is 38.6 Å². The lowest BCUT2D eigenvalue weighted by Gasteiger charge is -2.04. The Labute approximate surface area is 104 Å². The van der Waals surface area contributed by atoms with Gasteiger partial charge in [-0.1, -0.05) is 11.6 Å². The first-order chi connectivity index (χ1) is 7.08. The standard InChI is InChI=1S/C10H5ClF2IN/c11-7-4-9(10(12)13)15-8-2-1-5(14)3-6(7)8/h1-4,10H. The number of hydrogen-bond donors (Lipinski definition) is 0. The summed E-state index contributed by atoms with van der Waals surface area (Å²) in [7, 11) is 0. The van der Waals surface area contributed by atoms with Crippen LogP contribution in [0.3, 0.4) is 0 Å². The van der Waals surface area contributed by atoms with Gasteiger partial charge < -0.3 is 0 Å². The summed E-state index contributed by atoms with van der Waals surface area (Å²) in [5.74, 6) is 0. The van der Waals surface area contributed by atoms with Gasteiger partial charge in [0.05, 0.1) is 10.5 Å². The van der Waals surface area contributed by atoms with Gasteiger partial charge in [-0.25, -0.2) is 13.8 Å². The molecule has 78 valence electrons. The number of nitrogens with zero attached hydrogens (tertiary/aromatic N) is 1. The van der Waals surface area contributed by atoms with Crippen molar-refractivity contribution in [2.24, 2.45) is 0 Å². The van der Waals surface area contributed by atoms with E-state index < -0.39 is 6.43 Å². The minimum Gasteiger partial charge on any atom is -0.247 e. The van der Waals surface area contributed by atoms with E-state index in [0.717, 1.165) is 3.57 Å². The van der Waals surface area contributed by atoms with E-state index in [2.05, 4.69) is 27.6 Å². The Bertz CT molecular complexity index is 516. The Kier molecular flexibility index (Phi) is 3.06. The van der Waals surface area contributed by atoms with Crippen molar-refractivity contribution in [3.63, 3.8) is 0 Å². The van der Waals surface area contributed by atoms with Crippen LogP contribution in [0.25, 0.3) is 10.9 Å². The number of rotatable bonds is 1. The van der Waals surface area contributed by atoms with Crippen molar-refractivity contribution in [3.8, 4) is 0 Å². The van der Waals surface area contributed by atoms with Crippen LogP contribution in [0.1, 0.15) is 12.1 Å². The van der Waals surface area contributed by atoms with E-state index in [1.54, 1.807) is 6.07 Å². The fourth-order valence-electron chi connectivity index (χ4n) is 1.29. The van der Waals surface area contributed by atoms with Crippen LogP contribution in [-0.2, 0) is 0 Å². The normalized spacial score (nSPS) is 11.3. The van der Waals surface area contributed by atoms with E-state index in [4.69, 9.17) is 11.6 Å². The Morgan fingerprint density at radius 3 is 2.67 bits per heavy atom. The molecule has 2 rings (SSSR count). The molecule has 0 saturated heterocycles. The maximum absolute atomic E-state index is 12.4. The molecule has 0 atom stereocenters. The molecule has 2 aromatic rings. The zero-order valence-electron chi connectivity index (χ0n) is 7.35. The van der Waals surface area contributed by atoms with E-state index in [1.165, 1.54) is 6.07 Å². The highest BCUT2D eigenvalue weighted by molar-refractivity contribution is 14.1. The topological polar surface area (TPSA) is 12.9 Å². The van der Waals surface area contributed by atoms with Crippen LogP contribution in [0, 0.1) is 3.57 Å². The van der Waals surface area contributed by atoms with E-state index >= 15 is 0 Å². The molecule has 0 N–H and O–H groups in total. The third-order valence-corrected chi connectivity index (χ3v) is 2.95. The molecule has 0 aliphatic rings. The highest BCUT2D eigenvalue weighted by Crippen LogP contribution is 2.28. The molecule has 0 unspecified atom stereocenters. The molecular formula is C10H5ClF2IN. The molecular weight excluding hydrogens is 334 g/mol. The third kappa shape index (κ3) is 2.20. The summed E-state index contributed by atoms with van der Waals surface area (Å²) in [6.07, 6.45) is -2.59. The van der Waals surface area contributed by atoms with Gasteiger partial charge in [0.2, 0.25) is 0 Å². The maximum atomic E-state index is 12.4. The van der Waals surface area contributed by atoms with Crippen LogP contribution in [0.4, 0.5) is 8.78 Å². The average Bonchev–Trinajstić information content (AvgIpc) is 2.18. The smallest absolute Gasteiger partial charge is 0.247 e. The molecule has 0 bridgehead atoms. The fraction of sp³-hybridized carbons (Fsp3) is 0.100. The summed E-state index contributed by atoms with van der Waals surface area (Å²) < 4.78 is 25.9. The zero-order chi connectivity index (χ0) is 11.0. The molecule has 1 aromatic carbocycles. The summed E-state index contributed by atoms with van der Waals surface area (Å²) in [6.45, 7) is 0. The Hall–Kier alpha value is -0.490. The first-order valence-corrected chi connectivity index (χ1v) is 5.57. The highest BCUT2D eigenvalue weighted by Gasteiger charge is 2.12. The van der Waals surface area contributed by atoms with Crippen molar-refractivity contribution in [2.75, 3.05) is 0 Å². The van der Waals surface area contributed by atoms with Crippen LogP contribution in [-0.4, -0.2) is 4.98 Å². The molecule has 0 spiro atoms. The van der Waals surface area contributed by atoms with Gasteiger partial charge in [0, 0.05) is 8.96 Å². The third-order valence-electron chi connectivity index (χ3n) is 1.96. The van der Waals surface area contributed by atoms with Gasteiger partial charge >= 0.3 is 0 Å². The molecule has 0 radical (unpaired) electrons. The fourth-order valence-corrected chi connectivity index (χ4v) is 2.04. The lowest BCUT2D eigenvalue weighted by atomic mass is 10.2. The lowest BCUT2D eigenvalue weighted by Crippen LogP contribution is -1.91. The van der Waals surface area contributed by atoms with E-state index in [0.29, 0.717) is 15.9 Å². The second-order valence-electron chi connectivity index (χ2n) is 2.99. The monoisotopic (exact) mass is 339 g/mol. The molecule has 1 aromatic heterocycles. The number of fused-ring (bicyclic) bond motifs is 1. The number of pyridine rings is 1. The first kappa shape index (κ1) is 11.0. The van der Waals surface area contributed by atoms with E-state index in [1.807, 2.05) is 12.1 Å². The van der Waals surface area contributed by atoms with Gasteiger partial charge in [0.15, 0.2) is 0 Å². The lowest BCUT2D eigenvalue weighted by molar-refractivity contribution is 0.146. The van der Waals surface area contributed by atoms with Crippen molar-refractivity contribution in [1.82, 2.24) is 4.98 Å². The van der Waals surface area contributed by atoms with Gasteiger partial charge in [0.1, 0.15) is 5.69 Å². The first-order valence-electron chi connectivity index (χ1n) is 4.12. The SMILES string of the molecule is FC(F)c1cc(Cl)c2cc(I)ccc2n1. The largest absolute Gasteiger partial charge is 0.280 e. The summed E-state index contributed by atoms with van der Waals surface area (Å²) >= 11 is 8.03. The quantitative estimate of drug-likeness (QED) is 0.700. The summed E-state index contributed by atoms with van der Waals surface area (Å²) in [5, 5.41) is 1.02. The Morgan fingerprint density at radius 2 is 2.00 bits per heavy atom. The van der Waals surface area contributed by atoms with Gasteiger partial charge in [0.25, 0.3) is 6.43 Å². The molecule has 0 amide bonds. The van der Waals surface area contributed by atoms with Crippen molar-refractivity contribution in [1.29, 1.82) is 0 Å². The molecule has 0 aliphatic carbocycles. The van der Waals surface area contributed by atoms with E-state index in [9.17, 15) is 8.78 Å². The number of aromatic nitrogens is 1. The van der Waals surface area contributed by atoms with Crippen LogP contribution in [0.5, 0.6) is 0 Å². The highest BCUT2D eigenvalue weighted by atomic mass is 127. The van der Waals surface area contributed by atoms with Crippen molar-refractivity contribution < 1.29 is 8.78 Å². The molecule has 1 nitrogen and oxygen atoms in total. The molecule has 0 saturated carbocycles. The van der Waals surface area contributed by atoms with Crippen LogP contribution in [0.15, 0.2) is 24.3 Å². The predicted octanol–water partition coefficient (Wildman–Crippen LogP) is 4.43. The van der Waals surface area contributed by atoms with Crippen molar-refractivity contribution >= 4 is 45.1 Å². The van der Waals surface area contributed by atoms with Crippen LogP contribution >= 0.6 is 34.2 Å². The summed E-state index contributed by atoms with van der Waals surface area (Å²) in [4.78, 5) is 3.84. The minimum atomic E-state index is -2.59. The predicted molar refractivity (Wildman–Crippen MR) is 64.4 cm³/mol. The summed E-state index contributed by atoms with van der Waals surface area (Å²) in [6, 6.07) is 6.53. The Morgan fingerprint density at radius 1 is 1.27 bits per heavy atom. The molecule has 1 heterocycles. The molecule has 15 heavy (non-hydrogen) atoms. The van der Waals surface area contributed by atoms with Gasteiger partial charge in [-0.15, -0.1) is 0 Å². The summed E-state index contributed by atoms with van der Waals surface area (Å²) in [5.41, 5.74) is 0.215. The molecule has 0 aliphatic heterocycles. The van der Waals surface area contributed by atoms with Gasteiger partial charge in [-0.2, -0.15) is 0 Å². The second-order valence-corrected chi connectivity index (χ2v) is 4.64. The number of benzene rings is 1. The second kappa shape index (κ2) is 4.17. The maximum Gasteiger partial charge on any atom is 0.280 e. The average molecular weight is 340 g/mol.